The number of esters is 2. The van der Waals surface area contributed by atoms with Gasteiger partial charge in [-0.2, -0.15) is 0 Å². The van der Waals surface area contributed by atoms with Crippen LogP contribution in [0.25, 0.3) is 0 Å². The summed E-state index contributed by atoms with van der Waals surface area (Å²) in [6, 6.07) is 0. The van der Waals surface area contributed by atoms with Gasteiger partial charge in [0.05, 0.1) is 87.5 Å². The van der Waals surface area contributed by atoms with Gasteiger partial charge in [0, 0.05) is 47.8 Å². The smallest absolute Gasteiger partial charge is 0.550 e. The van der Waals surface area contributed by atoms with Crippen LogP contribution in [0.15, 0.2) is 23.3 Å². The van der Waals surface area contributed by atoms with Gasteiger partial charge in [0.2, 0.25) is 0 Å². The number of carboxylic acids is 2. The number of unbranched alkanes of at least 4 members (excludes halogenated alkanes) is 10. The standard InChI is InChI=1S/2C26H44O9.Ca.2H2O/c2*1-16(13-23(30)33-11-9-7-5-4-6-8-10-22(28)29)12-20-25(32)24(31)19(15-34-20)14-21-26(35-21)17(2)18(3)27;;;/h2*13,17-21,24-27,31-32H,4-12,14-15H2,1-3H3,(H,28,29);;2*1H2/q;;+2;;/p-2/b2*16-13+;;;. The summed E-state index contributed by atoms with van der Waals surface area (Å²) in [6.45, 7) is 12.1. The van der Waals surface area contributed by atoms with Crippen LogP contribution in [-0.2, 0) is 47.6 Å². The summed E-state index contributed by atoms with van der Waals surface area (Å²) in [7, 11) is 0. The molecule has 4 fully saturated rings. The molecule has 4 aliphatic rings. The van der Waals surface area contributed by atoms with Gasteiger partial charge in [-0.3, -0.25) is 0 Å². The largest absolute Gasteiger partial charge is 2.00 e. The Labute approximate surface area is 462 Å². The Kier molecular flexibility index (Phi) is 36.9. The van der Waals surface area contributed by atoms with Gasteiger partial charge in [0.15, 0.2) is 0 Å². The maximum Gasteiger partial charge on any atom is 2.00 e. The number of hydrogen-bond acceptors (Lipinski definition) is 18. The molecule has 0 aliphatic carbocycles. The van der Waals surface area contributed by atoms with Crippen molar-refractivity contribution in [2.75, 3.05) is 26.4 Å². The van der Waals surface area contributed by atoms with Crippen LogP contribution in [0.2, 0.25) is 0 Å². The fourth-order valence-corrected chi connectivity index (χ4v) is 9.16. The SMILES string of the molecule is C/C(=C\C(=O)OCCCCCCCCC(=O)[O-])CC1OCC(CC2OC2C(C)C(C)O)C(O)C1O.C/C(=C\C(=O)OCCCCCCCCC(=O)[O-])CC1OCC(CC2OC2C(C)C(C)O)C(O)C1O.O.O.[Ca+2]. The van der Waals surface area contributed by atoms with Gasteiger partial charge < -0.3 is 89.8 Å². The molecule has 20 nitrogen and oxygen atoms in total. The van der Waals surface area contributed by atoms with E-state index in [2.05, 4.69) is 0 Å². The minimum absolute atomic E-state index is 0. The van der Waals surface area contributed by atoms with Crippen LogP contribution in [0.3, 0.4) is 0 Å². The predicted octanol–water partition coefficient (Wildman–Crippen LogP) is 0.485. The molecule has 0 aromatic rings. The number of rotatable bonds is 32. The zero-order chi connectivity index (χ0) is 51.9. The molecule has 16 unspecified atom stereocenters. The Morgan fingerprint density at radius 3 is 1.16 bits per heavy atom. The third-order valence-corrected chi connectivity index (χ3v) is 14.2. The number of aliphatic carboxylic acids is 2. The van der Waals surface area contributed by atoms with Crippen LogP contribution in [0.5, 0.6) is 0 Å². The van der Waals surface area contributed by atoms with Crippen LogP contribution in [-0.4, -0.2) is 203 Å². The predicted molar refractivity (Wildman–Crippen MR) is 265 cm³/mol. The molecule has 4 saturated heterocycles. The molecule has 4 rings (SSSR count). The van der Waals surface area contributed by atoms with E-state index in [0.717, 1.165) is 64.2 Å². The molecule has 0 aromatic heterocycles. The Morgan fingerprint density at radius 1 is 0.534 bits per heavy atom. The average molecular weight is 1080 g/mol. The van der Waals surface area contributed by atoms with Gasteiger partial charge in [0.25, 0.3) is 0 Å². The van der Waals surface area contributed by atoms with E-state index in [1.807, 2.05) is 13.8 Å². The summed E-state index contributed by atoms with van der Waals surface area (Å²) in [5, 5.41) is 82.4. The minimum Gasteiger partial charge on any atom is -0.550 e. The van der Waals surface area contributed by atoms with E-state index < -0.39 is 72.7 Å². The summed E-state index contributed by atoms with van der Waals surface area (Å²) in [4.78, 5) is 44.8. The summed E-state index contributed by atoms with van der Waals surface area (Å²) >= 11 is 0. The van der Waals surface area contributed by atoms with E-state index in [-0.39, 0.29) is 110 Å². The fraction of sp³-hybridized carbons (Fsp3) is 0.846. The summed E-state index contributed by atoms with van der Waals surface area (Å²) in [6.07, 6.45) is 8.59. The van der Waals surface area contributed by atoms with Crippen molar-refractivity contribution in [2.45, 2.75) is 230 Å². The minimum atomic E-state index is -1.06. The maximum atomic E-state index is 12.0. The average Bonchev–Trinajstić information content (AvgIpc) is 4.23. The maximum absolute atomic E-state index is 12.0. The van der Waals surface area contributed by atoms with E-state index in [1.165, 1.54) is 12.2 Å². The second kappa shape index (κ2) is 37.8. The number of carbonyl (C=O) groups excluding carboxylic acids is 4. The molecular weight excluding hydrogens is 985 g/mol. The van der Waals surface area contributed by atoms with Crippen molar-refractivity contribution < 1.29 is 99.4 Å². The molecule has 21 heteroatoms. The Hall–Kier alpha value is -1.86. The van der Waals surface area contributed by atoms with Gasteiger partial charge in [-0.05, 0) is 91.9 Å². The topological polar surface area (TPSA) is 361 Å². The number of carboxylic acid groups (broad SMARTS) is 2. The molecule has 420 valence electrons. The van der Waals surface area contributed by atoms with Crippen molar-refractivity contribution in [1.82, 2.24) is 0 Å². The first kappa shape index (κ1) is 71.1. The Balaban J connectivity index is 0.00000136. The molecule has 10 N–H and O–H groups in total. The number of aliphatic hydroxyl groups excluding tert-OH is 6. The van der Waals surface area contributed by atoms with E-state index in [4.69, 9.17) is 28.4 Å². The summed E-state index contributed by atoms with van der Waals surface area (Å²) < 4.78 is 33.4. The van der Waals surface area contributed by atoms with Crippen molar-refractivity contribution in [2.24, 2.45) is 23.7 Å². The summed E-state index contributed by atoms with van der Waals surface area (Å²) in [5.74, 6) is -3.37. The molecule has 0 amide bonds. The molecule has 0 bridgehead atoms. The van der Waals surface area contributed by atoms with Gasteiger partial charge in [0.1, 0.15) is 12.2 Å². The normalized spacial score (nSPS) is 29.3. The Morgan fingerprint density at radius 2 is 0.849 bits per heavy atom. The first-order chi connectivity index (χ1) is 33.2. The van der Waals surface area contributed by atoms with E-state index in [1.54, 1.807) is 27.7 Å². The molecule has 4 heterocycles. The monoisotopic (exact) mass is 1070 g/mol. The quantitative estimate of drug-likeness (QED) is 0.0175. The first-order valence-corrected chi connectivity index (χ1v) is 25.9. The van der Waals surface area contributed by atoms with Crippen LogP contribution in [0, 0.1) is 23.7 Å². The molecule has 0 spiro atoms. The molecule has 0 aromatic carbocycles. The van der Waals surface area contributed by atoms with Crippen molar-refractivity contribution in [1.29, 1.82) is 0 Å². The number of hydrogen-bond donors (Lipinski definition) is 6. The van der Waals surface area contributed by atoms with Crippen LogP contribution >= 0.6 is 0 Å². The fourth-order valence-electron chi connectivity index (χ4n) is 9.16. The zero-order valence-corrected chi connectivity index (χ0v) is 46.4. The summed E-state index contributed by atoms with van der Waals surface area (Å²) in [5.41, 5.74) is 1.41. The molecule has 16 atom stereocenters. The van der Waals surface area contributed by atoms with Crippen molar-refractivity contribution >= 4 is 61.6 Å². The van der Waals surface area contributed by atoms with E-state index in [9.17, 15) is 60.0 Å². The molecule has 0 radical (unpaired) electrons. The second-order valence-electron chi connectivity index (χ2n) is 20.4. The van der Waals surface area contributed by atoms with Crippen molar-refractivity contribution in [3.63, 3.8) is 0 Å². The molecular formula is C52H90CaO20. The third kappa shape index (κ3) is 27.8. The van der Waals surface area contributed by atoms with Crippen molar-refractivity contribution in [3.8, 4) is 0 Å². The van der Waals surface area contributed by atoms with Gasteiger partial charge in [-0.25, -0.2) is 9.59 Å². The third-order valence-electron chi connectivity index (χ3n) is 14.2. The molecule has 73 heavy (non-hydrogen) atoms. The number of aliphatic hydroxyl groups is 6. The van der Waals surface area contributed by atoms with Crippen molar-refractivity contribution in [3.05, 3.63) is 23.3 Å². The van der Waals surface area contributed by atoms with Crippen LogP contribution < -0.4 is 10.2 Å². The van der Waals surface area contributed by atoms with Gasteiger partial charge in [-0.15, -0.1) is 0 Å². The zero-order valence-electron chi connectivity index (χ0n) is 44.2. The second-order valence-corrected chi connectivity index (χ2v) is 20.4. The van der Waals surface area contributed by atoms with Crippen LogP contribution in [0.4, 0.5) is 0 Å². The number of carbonyl (C=O) groups is 4. The Bertz CT molecular complexity index is 1510. The molecule has 0 saturated carbocycles. The van der Waals surface area contributed by atoms with Gasteiger partial charge >= 0.3 is 49.7 Å². The number of epoxide rings is 2. The van der Waals surface area contributed by atoms with E-state index >= 15 is 0 Å². The first-order valence-electron chi connectivity index (χ1n) is 25.9. The number of ether oxygens (including phenoxy) is 6. The van der Waals surface area contributed by atoms with Crippen LogP contribution in [0.1, 0.15) is 157 Å². The molecule has 4 aliphatic heterocycles. The van der Waals surface area contributed by atoms with E-state index in [0.29, 0.717) is 76.1 Å². The van der Waals surface area contributed by atoms with Gasteiger partial charge in [-0.1, -0.05) is 76.4 Å².